The Hall–Kier alpha value is -0.170. The predicted octanol–water partition coefficient (Wildman–Crippen LogP) is 4.49. The Morgan fingerprint density at radius 1 is 1.18 bits per heavy atom. The average molecular weight is 428 g/mol. The van der Waals surface area contributed by atoms with Crippen LogP contribution in [0, 0.1) is 5.82 Å². The third-order valence-electron chi connectivity index (χ3n) is 3.59. The Morgan fingerprint density at radius 2 is 1.91 bits per heavy atom. The minimum Gasteiger partial charge on any atom is -0.314 e. The number of nitrogens with zero attached hydrogens (tertiary/aromatic N) is 1. The summed E-state index contributed by atoms with van der Waals surface area (Å²) in [4.78, 5) is 3.56. The number of nitrogens with one attached hydrogen (secondary N) is 1. The molecular formula is C15H18BrCl2FN2S. The number of piperazine rings is 1. The molecule has 3 rings (SSSR count). The highest BCUT2D eigenvalue weighted by molar-refractivity contribution is 9.10. The van der Waals surface area contributed by atoms with Crippen LogP contribution in [0.4, 0.5) is 4.39 Å². The van der Waals surface area contributed by atoms with E-state index >= 15 is 0 Å². The molecule has 0 radical (unpaired) electrons. The molecule has 22 heavy (non-hydrogen) atoms. The van der Waals surface area contributed by atoms with E-state index in [4.69, 9.17) is 0 Å². The lowest BCUT2D eigenvalue weighted by atomic mass is 10.0. The second-order valence-corrected chi connectivity index (χ2v) is 6.76. The van der Waals surface area contributed by atoms with Crippen LogP contribution in [0.5, 0.6) is 0 Å². The van der Waals surface area contributed by atoms with Crippen LogP contribution in [0.15, 0.2) is 40.2 Å². The van der Waals surface area contributed by atoms with Crippen molar-refractivity contribution >= 4 is 52.1 Å². The zero-order valence-corrected chi connectivity index (χ0v) is 15.8. The summed E-state index contributed by atoms with van der Waals surface area (Å²) in [5, 5.41) is 5.41. The molecule has 1 N–H and O–H groups in total. The Balaban J connectivity index is 0.00000121. The fourth-order valence-electron chi connectivity index (χ4n) is 2.64. The maximum absolute atomic E-state index is 14.4. The zero-order chi connectivity index (χ0) is 13.9. The molecule has 0 unspecified atom stereocenters. The smallest absolute Gasteiger partial charge is 0.129 e. The average Bonchev–Trinajstić information content (AvgIpc) is 2.97. The normalized spacial score (nSPS) is 16.5. The van der Waals surface area contributed by atoms with Gasteiger partial charge in [-0.05, 0) is 23.6 Å². The van der Waals surface area contributed by atoms with Crippen LogP contribution in [-0.4, -0.2) is 31.1 Å². The van der Waals surface area contributed by atoms with E-state index in [1.807, 2.05) is 18.2 Å². The molecule has 7 heteroatoms. The monoisotopic (exact) mass is 426 g/mol. The molecule has 1 fully saturated rings. The number of hydrogen-bond donors (Lipinski definition) is 1. The molecular weight excluding hydrogens is 410 g/mol. The first kappa shape index (κ1) is 19.9. The van der Waals surface area contributed by atoms with E-state index in [9.17, 15) is 4.39 Å². The van der Waals surface area contributed by atoms with E-state index in [1.54, 1.807) is 17.4 Å². The summed E-state index contributed by atoms with van der Waals surface area (Å²) in [7, 11) is 0. The number of hydrogen-bond acceptors (Lipinski definition) is 3. The second-order valence-electron chi connectivity index (χ2n) is 4.87. The van der Waals surface area contributed by atoms with Gasteiger partial charge in [0.25, 0.3) is 0 Å². The van der Waals surface area contributed by atoms with E-state index in [0.29, 0.717) is 0 Å². The van der Waals surface area contributed by atoms with Crippen molar-refractivity contribution in [2.45, 2.75) is 6.04 Å². The number of rotatable bonds is 3. The zero-order valence-electron chi connectivity index (χ0n) is 11.8. The van der Waals surface area contributed by atoms with Crippen molar-refractivity contribution in [3.63, 3.8) is 0 Å². The van der Waals surface area contributed by atoms with Gasteiger partial charge in [0, 0.05) is 41.1 Å². The van der Waals surface area contributed by atoms with Gasteiger partial charge in [0.05, 0.1) is 6.04 Å². The van der Waals surface area contributed by atoms with Crippen LogP contribution >= 0.6 is 52.1 Å². The van der Waals surface area contributed by atoms with Crippen LogP contribution in [0.2, 0.25) is 0 Å². The first-order valence-electron chi connectivity index (χ1n) is 6.69. The van der Waals surface area contributed by atoms with Crippen molar-refractivity contribution in [1.29, 1.82) is 0 Å². The highest BCUT2D eigenvalue weighted by Crippen LogP contribution is 2.34. The molecule has 0 amide bonds. The Morgan fingerprint density at radius 3 is 2.50 bits per heavy atom. The van der Waals surface area contributed by atoms with Gasteiger partial charge >= 0.3 is 0 Å². The Labute approximate surface area is 155 Å². The van der Waals surface area contributed by atoms with E-state index in [1.165, 1.54) is 4.88 Å². The summed E-state index contributed by atoms with van der Waals surface area (Å²) in [6, 6.07) is 9.51. The first-order valence-corrected chi connectivity index (χ1v) is 8.36. The van der Waals surface area contributed by atoms with Gasteiger partial charge in [-0.2, -0.15) is 0 Å². The summed E-state index contributed by atoms with van der Waals surface area (Å²) in [5.74, 6) is -0.142. The molecule has 0 bridgehead atoms. The molecule has 2 heterocycles. The molecule has 0 saturated carbocycles. The summed E-state index contributed by atoms with van der Waals surface area (Å²) >= 11 is 5.02. The third kappa shape index (κ3) is 4.43. The predicted molar refractivity (Wildman–Crippen MR) is 99.2 cm³/mol. The summed E-state index contributed by atoms with van der Waals surface area (Å²) in [5.41, 5.74) is 0.762. The lowest BCUT2D eigenvalue weighted by Gasteiger charge is -2.35. The number of benzene rings is 1. The quantitative estimate of drug-likeness (QED) is 0.776. The molecule has 1 atom stereocenters. The Bertz CT molecular complexity index is 577. The van der Waals surface area contributed by atoms with Crippen molar-refractivity contribution in [2.24, 2.45) is 0 Å². The van der Waals surface area contributed by atoms with Crippen LogP contribution in [0.3, 0.4) is 0 Å². The van der Waals surface area contributed by atoms with Gasteiger partial charge in [-0.3, -0.25) is 4.90 Å². The molecule has 122 valence electrons. The van der Waals surface area contributed by atoms with Crippen molar-refractivity contribution in [3.05, 3.63) is 56.4 Å². The maximum Gasteiger partial charge on any atom is 0.129 e. The molecule has 2 aromatic rings. The van der Waals surface area contributed by atoms with E-state index in [2.05, 4.69) is 37.6 Å². The van der Waals surface area contributed by atoms with Gasteiger partial charge in [-0.25, -0.2) is 4.39 Å². The summed E-state index contributed by atoms with van der Waals surface area (Å²) < 4.78 is 15.2. The van der Waals surface area contributed by atoms with Crippen LogP contribution in [-0.2, 0) is 0 Å². The maximum atomic E-state index is 14.4. The van der Waals surface area contributed by atoms with Gasteiger partial charge in [-0.15, -0.1) is 36.2 Å². The van der Waals surface area contributed by atoms with Gasteiger partial charge < -0.3 is 5.32 Å². The summed E-state index contributed by atoms with van der Waals surface area (Å²) in [6.45, 7) is 3.80. The highest BCUT2D eigenvalue weighted by Gasteiger charge is 2.26. The standard InChI is InChI=1S/C15H16BrFN2S.2ClH/c16-11-3-4-12(13(17)10-11)15(14-2-1-9-20-14)19-7-5-18-6-8-19;;/h1-4,9-10,15,18H,5-8H2;2*1H/t15-;;/m0../s1. The van der Waals surface area contributed by atoms with Gasteiger partial charge in [0.1, 0.15) is 5.82 Å². The van der Waals surface area contributed by atoms with Crippen LogP contribution in [0.1, 0.15) is 16.5 Å². The topological polar surface area (TPSA) is 15.3 Å². The largest absolute Gasteiger partial charge is 0.314 e. The van der Waals surface area contributed by atoms with Crippen LogP contribution < -0.4 is 5.32 Å². The van der Waals surface area contributed by atoms with Crippen molar-refractivity contribution in [1.82, 2.24) is 10.2 Å². The number of thiophene rings is 1. The van der Waals surface area contributed by atoms with Gasteiger partial charge in [0.15, 0.2) is 0 Å². The molecule has 1 aliphatic heterocycles. The van der Waals surface area contributed by atoms with E-state index < -0.39 is 0 Å². The lowest BCUT2D eigenvalue weighted by molar-refractivity contribution is 0.197. The molecule has 2 nitrogen and oxygen atoms in total. The van der Waals surface area contributed by atoms with Crippen molar-refractivity contribution in [3.8, 4) is 0 Å². The Kier molecular flexibility index (Phi) is 8.32. The second kappa shape index (κ2) is 9.21. The third-order valence-corrected chi connectivity index (χ3v) is 5.00. The molecule has 1 saturated heterocycles. The van der Waals surface area contributed by atoms with E-state index in [-0.39, 0.29) is 36.7 Å². The van der Waals surface area contributed by atoms with Gasteiger partial charge in [-0.1, -0.05) is 28.1 Å². The van der Waals surface area contributed by atoms with Gasteiger partial charge in [0.2, 0.25) is 0 Å². The summed E-state index contributed by atoms with van der Waals surface area (Å²) in [6.07, 6.45) is 0. The first-order chi connectivity index (χ1) is 9.75. The molecule has 1 aliphatic rings. The highest BCUT2D eigenvalue weighted by atomic mass is 79.9. The molecule has 0 aliphatic carbocycles. The van der Waals surface area contributed by atoms with Crippen molar-refractivity contribution in [2.75, 3.05) is 26.2 Å². The van der Waals surface area contributed by atoms with Crippen molar-refractivity contribution < 1.29 is 4.39 Å². The fourth-order valence-corrected chi connectivity index (χ4v) is 3.85. The minimum atomic E-state index is -0.142. The molecule has 1 aromatic carbocycles. The number of halogens is 4. The lowest BCUT2D eigenvalue weighted by Crippen LogP contribution is -2.45. The van der Waals surface area contributed by atoms with E-state index in [0.717, 1.165) is 36.2 Å². The SMILES string of the molecule is Cl.Cl.Fc1cc(Br)ccc1[C@@H](c1cccs1)N1CCNCC1. The fraction of sp³-hybridized carbons (Fsp3) is 0.333. The van der Waals surface area contributed by atoms with Crippen LogP contribution in [0.25, 0.3) is 0 Å². The molecule has 0 spiro atoms. The molecule has 1 aromatic heterocycles. The minimum absolute atomic E-state index is 0.